The fourth-order valence-corrected chi connectivity index (χ4v) is 1.63. The first kappa shape index (κ1) is 10.7. The average Bonchev–Trinajstić information content (AvgIpc) is 2.26. The van der Waals surface area contributed by atoms with Gasteiger partial charge in [0.15, 0.2) is 5.52 Å². The Hall–Kier alpha value is -1.76. The standard InChI is InChI=1S/C9H10N4O2S/c1-4-7(16)11-6-5(10-4)8(14)13(3)9(15)12(6)2/h1-3H3,(H,11,16). The first-order valence-corrected chi connectivity index (χ1v) is 5.01. The van der Waals surface area contributed by atoms with Crippen molar-refractivity contribution in [3.63, 3.8) is 0 Å². The molecule has 0 bridgehead atoms. The van der Waals surface area contributed by atoms with Crippen LogP contribution in [0.5, 0.6) is 0 Å². The van der Waals surface area contributed by atoms with Gasteiger partial charge in [-0.05, 0) is 6.92 Å². The van der Waals surface area contributed by atoms with E-state index < -0.39 is 11.2 Å². The summed E-state index contributed by atoms with van der Waals surface area (Å²) in [6, 6.07) is 0. The molecule has 0 unspecified atom stereocenters. The molecule has 2 rings (SSSR count). The smallest absolute Gasteiger partial charge is 0.329 e. The average molecular weight is 238 g/mol. The fourth-order valence-electron chi connectivity index (χ4n) is 1.49. The molecule has 2 heterocycles. The number of aromatic amines is 1. The molecule has 0 saturated carbocycles. The molecule has 0 radical (unpaired) electrons. The van der Waals surface area contributed by atoms with Crippen molar-refractivity contribution in [2.75, 3.05) is 0 Å². The molecule has 0 atom stereocenters. The van der Waals surface area contributed by atoms with Gasteiger partial charge in [0.2, 0.25) is 0 Å². The van der Waals surface area contributed by atoms with Gasteiger partial charge in [-0.2, -0.15) is 0 Å². The van der Waals surface area contributed by atoms with Crippen LogP contribution >= 0.6 is 12.2 Å². The second-order valence-electron chi connectivity index (χ2n) is 3.55. The van der Waals surface area contributed by atoms with Crippen LogP contribution in [-0.2, 0) is 14.1 Å². The van der Waals surface area contributed by atoms with Gasteiger partial charge in [0, 0.05) is 14.1 Å². The van der Waals surface area contributed by atoms with Crippen LogP contribution in [0.2, 0.25) is 0 Å². The number of H-pyrrole nitrogens is 1. The molecule has 0 amide bonds. The van der Waals surface area contributed by atoms with E-state index in [-0.39, 0.29) is 5.52 Å². The van der Waals surface area contributed by atoms with Crippen molar-refractivity contribution in [2.24, 2.45) is 14.1 Å². The Bertz CT molecular complexity index is 753. The van der Waals surface area contributed by atoms with E-state index in [4.69, 9.17) is 12.2 Å². The van der Waals surface area contributed by atoms with Gasteiger partial charge in [0.25, 0.3) is 5.56 Å². The van der Waals surface area contributed by atoms with Gasteiger partial charge in [-0.15, -0.1) is 0 Å². The molecule has 0 aliphatic rings. The molecule has 0 aromatic carbocycles. The summed E-state index contributed by atoms with van der Waals surface area (Å²) >= 11 is 5.02. The third-order valence-corrected chi connectivity index (χ3v) is 2.88. The van der Waals surface area contributed by atoms with E-state index in [1.54, 1.807) is 14.0 Å². The summed E-state index contributed by atoms with van der Waals surface area (Å²) in [5.41, 5.74) is 0.305. The van der Waals surface area contributed by atoms with E-state index >= 15 is 0 Å². The maximum absolute atomic E-state index is 11.8. The van der Waals surface area contributed by atoms with Crippen molar-refractivity contribution in [3.05, 3.63) is 31.2 Å². The first-order chi connectivity index (χ1) is 7.43. The van der Waals surface area contributed by atoms with Gasteiger partial charge in [0.05, 0.1) is 5.69 Å². The number of fused-ring (bicyclic) bond motifs is 1. The summed E-state index contributed by atoms with van der Waals surface area (Å²) in [5.74, 6) is 0. The number of hydrogen-bond donors (Lipinski definition) is 1. The van der Waals surface area contributed by atoms with Crippen LogP contribution in [-0.4, -0.2) is 19.1 Å². The molecule has 0 aliphatic heterocycles. The van der Waals surface area contributed by atoms with Crippen LogP contribution in [0.25, 0.3) is 11.2 Å². The van der Waals surface area contributed by atoms with Gasteiger partial charge in [-0.25, -0.2) is 9.78 Å². The molecular weight excluding hydrogens is 228 g/mol. The molecule has 1 N–H and O–H groups in total. The first-order valence-electron chi connectivity index (χ1n) is 4.60. The van der Waals surface area contributed by atoms with E-state index in [9.17, 15) is 9.59 Å². The van der Waals surface area contributed by atoms with E-state index in [1.165, 1.54) is 11.6 Å². The minimum atomic E-state index is -0.424. The molecule has 2 aromatic heterocycles. The maximum atomic E-state index is 11.8. The van der Waals surface area contributed by atoms with E-state index in [2.05, 4.69) is 9.97 Å². The lowest BCUT2D eigenvalue weighted by atomic mass is 10.4. The molecule has 0 saturated heterocycles. The van der Waals surface area contributed by atoms with Crippen molar-refractivity contribution in [1.82, 2.24) is 19.1 Å². The lowest BCUT2D eigenvalue weighted by Gasteiger charge is -2.06. The van der Waals surface area contributed by atoms with Crippen molar-refractivity contribution in [2.45, 2.75) is 6.92 Å². The number of rotatable bonds is 0. The summed E-state index contributed by atoms with van der Waals surface area (Å²) in [4.78, 5) is 30.4. The summed E-state index contributed by atoms with van der Waals surface area (Å²) in [5, 5.41) is 0. The van der Waals surface area contributed by atoms with Gasteiger partial charge in [0.1, 0.15) is 10.3 Å². The number of nitrogens with zero attached hydrogens (tertiary/aromatic N) is 3. The van der Waals surface area contributed by atoms with Crippen LogP contribution in [0.15, 0.2) is 9.59 Å². The highest BCUT2D eigenvalue weighted by Gasteiger charge is 2.10. The second kappa shape index (κ2) is 3.38. The Morgan fingerprint density at radius 3 is 2.50 bits per heavy atom. The monoisotopic (exact) mass is 238 g/mol. The molecule has 7 heteroatoms. The molecule has 0 spiro atoms. The van der Waals surface area contributed by atoms with Crippen molar-refractivity contribution < 1.29 is 0 Å². The van der Waals surface area contributed by atoms with Gasteiger partial charge in [-0.1, -0.05) is 12.2 Å². The number of aromatic nitrogens is 4. The van der Waals surface area contributed by atoms with Crippen LogP contribution in [0.4, 0.5) is 0 Å². The lowest BCUT2D eigenvalue weighted by Crippen LogP contribution is -2.37. The van der Waals surface area contributed by atoms with Crippen molar-refractivity contribution in [1.29, 1.82) is 0 Å². The van der Waals surface area contributed by atoms with Gasteiger partial charge >= 0.3 is 5.69 Å². The highest BCUT2D eigenvalue weighted by Crippen LogP contribution is 2.03. The van der Waals surface area contributed by atoms with E-state index in [1.807, 2.05) is 0 Å². The summed E-state index contributed by atoms with van der Waals surface area (Å²) in [7, 11) is 2.98. The van der Waals surface area contributed by atoms with E-state index in [0.717, 1.165) is 4.57 Å². The number of hydrogen-bond acceptors (Lipinski definition) is 4. The molecule has 84 valence electrons. The third-order valence-electron chi connectivity index (χ3n) is 2.48. The van der Waals surface area contributed by atoms with Crippen LogP contribution in [0, 0.1) is 11.6 Å². The summed E-state index contributed by atoms with van der Waals surface area (Å²) < 4.78 is 2.76. The normalized spacial score (nSPS) is 10.9. The van der Waals surface area contributed by atoms with Gasteiger partial charge < -0.3 is 4.98 Å². The predicted molar refractivity (Wildman–Crippen MR) is 62.1 cm³/mol. The summed E-state index contributed by atoms with van der Waals surface area (Å²) in [6.07, 6.45) is 0. The lowest BCUT2D eigenvalue weighted by molar-refractivity contribution is 0.703. The molecule has 6 nitrogen and oxygen atoms in total. The quantitative estimate of drug-likeness (QED) is 0.656. The molecule has 0 aliphatic carbocycles. The van der Waals surface area contributed by atoms with Crippen molar-refractivity contribution >= 4 is 23.4 Å². The zero-order valence-electron chi connectivity index (χ0n) is 9.07. The zero-order valence-corrected chi connectivity index (χ0v) is 9.88. The van der Waals surface area contributed by atoms with Gasteiger partial charge in [-0.3, -0.25) is 13.9 Å². The minimum absolute atomic E-state index is 0.218. The zero-order chi connectivity index (χ0) is 12.0. The Kier molecular flexibility index (Phi) is 2.27. The van der Waals surface area contributed by atoms with Crippen LogP contribution < -0.4 is 11.2 Å². The minimum Gasteiger partial charge on any atom is -0.329 e. The van der Waals surface area contributed by atoms with Crippen LogP contribution in [0.1, 0.15) is 5.69 Å². The maximum Gasteiger partial charge on any atom is 0.332 e. The highest BCUT2D eigenvalue weighted by atomic mass is 32.1. The molecule has 0 fully saturated rings. The predicted octanol–water partition coefficient (Wildman–Crippen LogP) is -0.00179. The molecule has 2 aromatic rings. The largest absolute Gasteiger partial charge is 0.332 e. The summed E-state index contributed by atoms with van der Waals surface area (Å²) in [6.45, 7) is 1.71. The Balaban J connectivity index is 3.22. The Labute approximate surface area is 95.2 Å². The Morgan fingerprint density at radius 2 is 1.88 bits per heavy atom. The van der Waals surface area contributed by atoms with Crippen LogP contribution in [0.3, 0.4) is 0 Å². The second-order valence-corrected chi connectivity index (χ2v) is 3.96. The highest BCUT2D eigenvalue weighted by molar-refractivity contribution is 7.71. The van der Waals surface area contributed by atoms with Crippen molar-refractivity contribution in [3.8, 4) is 0 Å². The SMILES string of the molecule is Cc1nc2c(=O)n(C)c(=O)n(C)c2[nH]c1=S. The number of aryl methyl sites for hydroxylation is 2. The fraction of sp³-hybridized carbons (Fsp3) is 0.333. The third kappa shape index (κ3) is 1.32. The topological polar surface area (TPSA) is 72.7 Å². The molecular formula is C9H10N4O2S. The Morgan fingerprint density at radius 1 is 1.25 bits per heavy atom. The number of nitrogens with one attached hydrogen (secondary N) is 1. The molecule has 16 heavy (non-hydrogen) atoms. The van der Waals surface area contributed by atoms with E-state index in [0.29, 0.717) is 16.0 Å².